The maximum absolute atomic E-state index is 12.9. The molecule has 0 aromatic heterocycles. The number of benzene rings is 2. The van der Waals surface area contributed by atoms with E-state index in [4.69, 9.17) is 14.2 Å². The second-order valence-corrected chi connectivity index (χ2v) is 6.84. The van der Waals surface area contributed by atoms with E-state index in [1.54, 1.807) is 26.2 Å². The predicted molar refractivity (Wildman–Crippen MR) is 113 cm³/mol. The van der Waals surface area contributed by atoms with Crippen LogP contribution in [0.2, 0.25) is 0 Å². The van der Waals surface area contributed by atoms with Gasteiger partial charge in [0, 0.05) is 12.1 Å². The molecule has 0 radical (unpaired) electrons. The molecule has 0 atom stereocenters. The zero-order valence-corrected chi connectivity index (χ0v) is 17.1. The standard InChI is InChI=1S/C21H22N2O4S/c1-5-23-20(24)18(13-14-7-6-8-17(26-3)19(14)27-4)28-21(23)22-15-9-11-16(25-2)12-10-15/h6-13H,5H2,1-4H3/b18-13+,22-21?. The summed E-state index contributed by atoms with van der Waals surface area (Å²) in [4.78, 5) is 19.7. The summed E-state index contributed by atoms with van der Waals surface area (Å²) in [6.45, 7) is 2.46. The average Bonchev–Trinajstić information content (AvgIpc) is 3.02. The smallest absolute Gasteiger partial charge is 0.266 e. The molecule has 2 aromatic carbocycles. The first kappa shape index (κ1) is 19.8. The number of rotatable bonds is 6. The van der Waals surface area contributed by atoms with Gasteiger partial charge in [0.05, 0.1) is 31.9 Å². The number of amidine groups is 1. The van der Waals surface area contributed by atoms with Gasteiger partial charge in [-0.15, -0.1) is 0 Å². The first-order valence-electron chi connectivity index (χ1n) is 8.76. The number of aliphatic imine (C=N–C) groups is 1. The lowest BCUT2D eigenvalue weighted by Crippen LogP contribution is -2.28. The Hall–Kier alpha value is -2.93. The van der Waals surface area contributed by atoms with Crippen molar-refractivity contribution in [3.05, 3.63) is 52.9 Å². The summed E-state index contributed by atoms with van der Waals surface area (Å²) in [5, 5.41) is 0.644. The minimum Gasteiger partial charge on any atom is -0.497 e. The molecule has 146 valence electrons. The van der Waals surface area contributed by atoms with Crippen molar-refractivity contribution in [2.45, 2.75) is 6.92 Å². The number of thioether (sulfide) groups is 1. The summed E-state index contributed by atoms with van der Waals surface area (Å²) in [5.41, 5.74) is 1.54. The Morgan fingerprint density at radius 2 is 1.79 bits per heavy atom. The lowest BCUT2D eigenvalue weighted by Gasteiger charge is -2.12. The van der Waals surface area contributed by atoms with E-state index in [0.717, 1.165) is 17.0 Å². The number of para-hydroxylation sites is 1. The fraction of sp³-hybridized carbons (Fsp3) is 0.238. The van der Waals surface area contributed by atoms with E-state index in [2.05, 4.69) is 4.99 Å². The third-order valence-corrected chi connectivity index (χ3v) is 5.23. The monoisotopic (exact) mass is 398 g/mol. The van der Waals surface area contributed by atoms with Gasteiger partial charge in [-0.1, -0.05) is 12.1 Å². The van der Waals surface area contributed by atoms with Gasteiger partial charge in [-0.2, -0.15) is 0 Å². The molecule has 0 unspecified atom stereocenters. The summed E-state index contributed by atoms with van der Waals surface area (Å²) in [6, 6.07) is 13.0. The molecule has 2 aromatic rings. The third kappa shape index (κ3) is 3.99. The highest BCUT2D eigenvalue weighted by Crippen LogP contribution is 2.38. The average molecular weight is 398 g/mol. The minimum atomic E-state index is -0.0790. The number of nitrogens with zero attached hydrogens (tertiary/aromatic N) is 2. The summed E-state index contributed by atoms with van der Waals surface area (Å²) in [7, 11) is 4.79. The number of methoxy groups -OCH3 is 3. The molecule has 6 nitrogen and oxygen atoms in total. The number of hydrogen-bond acceptors (Lipinski definition) is 6. The van der Waals surface area contributed by atoms with Crippen molar-refractivity contribution in [1.29, 1.82) is 0 Å². The van der Waals surface area contributed by atoms with Crippen LogP contribution >= 0.6 is 11.8 Å². The first-order valence-corrected chi connectivity index (χ1v) is 9.58. The Morgan fingerprint density at radius 3 is 2.39 bits per heavy atom. The van der Waals surface area contributed by atoms with Crippen LogP contribution < -0.4 is 14.2 Å². The van der Waals surface area contributed by atoms with Crippen LogP contribution in [0.3, 0.4) is 0 Å². The van der Waals surface area contributed by atoms with Crippen molar-refractivity contribution in [2.75, 3.05) is 27.9 Å². The maximum atomic E-state index is 12.9. The number of carbonyl (C=O) groups is 1. The van der Waals surface area contributed by atoms with Gasteiger partial charge in [0.15, 0.2) is 16.7 Å². The minimum absolute atomic E-state index is 0.0790. The topological polar surface area (TPSA) is 60.4 Å². The molecule has 28 heavy (non-hydrogen) atoms. The normalized spacial score (nSPS) is 16.7. The van der Waals surface area contributed by atoms with Crippen LogP contribution in [0.1, 0.15) is 12.5 Å². The van der Waals surface area contributed by atoms with Crippen molar-refractivity contribution in [3.8, 4) is 17.2 Å². The molecule has 1 aliphatic rings. The molecule has 0 aliphatic carbocycles. The highest BCUT2D eigenvalue weighted by atomic mass is 32.2. The summed E-state index contributed by atoms with van der Waals surface area (Å²) in [5.74, 6) is 1.89. The van der Waals surface area contributed by atoms with E-state index in [0.29, 0.717) is 28.1 Å². The Bertz CT molecular complexity index is 923. The summed E-state index contributed by atoms with van der Waals surface area (Å²) < 4.78 is 16.0. The Kier molecular flexibility index (Phi) is 6.26. The van der Waals surface area contributed by atoms with Crippen LogP contribution in [0.25, 0.3) is 6.08 Å². The van der Waals surface area contributed by atoms with Crippen molar-refractivity contribution in [1.82, 2.24) is 4.90 Å². The van der Waals surface area contributed by atoms with E-state index < -0.39 is 0 Å². The largest absolute Gasteiger partial charge is 0.497 e. The van der Waals surface area contributed by atoms with E-state index >= 15 is 0 Å². The van der Waals surface area contributed by atoms with E-state index in [1.165, 1.54) is 11.8 Å². The number of hydrogen-bond donors (Lipinski definition) is 0. The quantitative estimate of drug-likeness (QED) is 0.678. The fourth-order valence-electron chi connectivity index (χ4n) is 2.80. The molecular weight excluding hydrogens is 376 g/mol. The van der Waals surface area contributed by atoms with Gasteiger partial charge < -0.3 is 14.2 Å². The van der Waals surface area contributed by atoms with Crippen molar-refractivity contribution >= 4 is 34.6 Å². The molecule has 7 heteroatoms. The van der Waals surface area contributed by atoms with Gasteiger partial charge in [-0.25, -0.2) is 4.99 Å². The first-order chi connectivity index (χ1) is 13.6. The van der Waals surface area contributed by atoms with Crippen LogP contribution in [-0.2, 0) is 4.79 Å². The summed E-state index contributed by atoms with van der Waals surface area (Å²) >= 11 is 1.34. The maximum Gasteiger partial charge on any atom is 0.266 e. The molecule has 0 N–H and O–H groups in total. The lowest BCUT2D eigenvalue weighted by atomic mass is 10.1. The zero-order chi connectivity index (χ0) is 20.1. The van der Waals surface area contributed by atoms with E-state index in [1.807, 2.05) is 55.5 Å². The van der Waals surface area contributed by atoms with Gasteiger partial charge in [0.1, 0.15) is 5.75 Å². The van der Waals surface area contributed by atoms with Crippen LogP contribution in [-0.4, -0.2) is 43.8 Å². The predicted octanol–water partition coefficient (Wildman–Crippen LogP) is 4.34. The Morgan fingerprint density at radius 1 is 1.04 bits per heavy atom. The van der Waals surface area contributed by atoms with Crippen LogP contribution in [0.15, 0.2) is 52.4 Å². The van der Waals surface area contributed by atoms with Crippen LogP contribution in [0.5, 0.6) is 17.2 Å². The number of amides is 1. The van der Waals surface area contributed by atoms with E-state index in [9.17, 15) is 4.79 Å². The van der Waals surface area contributed by atoms with Crippen LogP contribution in [0, 0.1) is 0 Å². The molecule has 0 bridgehead atoms. The van der Waals surface area contributed by atoms with Gasteiger partial charge in [-0.05, 0) is 55.1 Å². The molecule has 1 fully saturated rings. The Labute approximate surface area is 168 Å². The highest BCUT2D eigenvalue weighted by molar-refractivity contribution is 8.18. The molecule has 0 saturated carbocycles. The molecular formula is C21H22N2O4S. The third-order valence-electron chi connectivity index (χ3n) is 4.22. The molecule has 1 saturated heterocycles. The fourth-order valence-corrected chi connectivity index (χ4v) is 3.86. The molecule has 0 spiro atoms. The van der Waals surface area contributed by atoms with E-state index in [-0.39, 0.29) is 5.91 Å². The molecule has 1 amide bonds. The second kappa shape index (κ2) is 8.84. The number of carbonyl (C=O) groups excluding carboxylic acids is 1. The molecule has 1 aliphatic heterocycles. The second-order valence-electron chi connectivity index (χ2n) is 5.84. The van der Waals surface area contributed by atoms with Crippen LogP contribution in [0.4, 0.5) is 5.69 Å². The lowest BCUT2D eigenvalue weighted by molar-refractivity contribution is -0.122. The van der Waals surface area contributed by atoms with Gasteiger partial charge >= 0.3 is 0 Å². The SMILES string of the molecule is CCN1C(=O)/C(=C\c2cccc(OC)c2OC)SC1=Nc1ccc(OC)cc1. The molecule has 1 heterocycles. The Balaban J connectivity index is 1.95. The van der Waals surface area contributed by atoms with Gasteiger partial charge in [0.25, 0.3) is 5.91 Å². The zero-order valence-electron chi connectivity index (χ0n) is 16.3. The van der Waals surface area contributed by atoms with Crippen molar-refractivity contribution < 1.29 is 19.0 Å². The van der Waals surface area contributed by atoms with Crippen molar-refractivity contribution in [2.24, 2.45) is 4.99 Å². The number of likely N-dealkylation sites (N-methyl/N-ethyl adjacent to an activating group) is 1. The van der Waals surface area contributed by atoms with Gasteiger partial charge in [0.2, 0.25) is 0 Å². The highest BCUT2D eigenvalue weighted by Gasteiger charge is 2.32. The van der Waals surface area contributed by atoms with Gasteiger partial charge in [-0.3, -0.25) is 9.69 Å². The number of ether oxygens (including phenoxy) is 3. The van der Waals surface area contributed by atoms with Crippen molar-refractivity contribution in [3.63, 3.8) is 0 Å². The molecule has 3 rings (SSSR count). The summed E-state index contributed by atoms with van der Waals surface area (Å²) in [6.07, 6.45) is 1.81.